The highest BCUT2D eigenvalue weighted by molar-refractivity contribution is 5.81. The van der Waals surface area contributed by atoms with Crippen molar-refractivity contribution in [2.45, 2.75) is 26.3 Å². The summed E-state index contributed by atoms with van der Waals surface area (Å²) in [4.78, 5) is 28.6. The molecule has 0 saturated carbocycles. The van der Waals surface area contributed by atoms with E-state index in [-0.39, 0.29) is 24.7 Å². The van der Waals surface area contributed by atoms with Crippen LogP contribution < -0.4 is 0 Å². The summed E-state index contributed by atoms with van der Waals surface area (Å²) in [5.74, 6) is -0.425. The SMILES string of the molecule is CCOC(=O)CCC(=O)N(C)Cc1ccccn1. The van der Waals surface area contributed by atoms with Crippen LogP contribution in [-0.4, -0.2) is 35.4 Å². The zero-order valence-corrected chi connectivity index (χ0v) is 10.8. The summed E-state index contributed by atoms with van der Waals surface area (Å²) in [5, 5.41) is 0. The number of hydrogen-bond acceptors (Lipinski definition) is 4. The van der Waals surface area contributed by atoms with Gasteiger partial charge in [-0.25, -0.2) is 0 Å². The zero-order valence-electron chi connectivity index (χ0n) is 10.8. The fourth-order valence-corrected chi connectivity index (χ4v) is 1.46. The van der Waals surface area contributed by atoms with E-state index in [4.69, 9.17) is 4.74 Å². The minimum atomic E-state index is -0.336. The Bertz CT molecular complexity index is 392. The van der Waals surface area contributed by atoms with Crippen molar-refractivity contribution >= 4 is 11.9 Å². The van der Waals surface area contributed by atoms with Crippen molar-refractivity contribution in [3.63, 3.8) is 0 Å². The van der Waals surface area contributed by atoms with E-state index in [1.54, 1.807) is 25.1 Å². The van der Waals surface area contributed by atoms with E-state index in [1.807, 2.05) is 18.2 Å². The smallest absolute Gasteiger partial charge is 0.306 e. The molecular formula is C13H18N2O3. The summed E-state index contributed by atoms with van der Waals surface area (Å²) >= 11 is 0. The predicted octanol–water partition coefficient (Wildman–Crippen LogP) is 1.38. The number of carbonyl (C=O) groups is 2. The van der Waals surface area contributed by atoms with Crippen molar-refractivity contribution < 1.29 is 14.3 Å². The second kappa shape index (κ2) is 7.42. The molecule has 0 aromatic carbocycles. The molecule has 0 atom stereocenters. The highest BCUT2D eigenvalue weighted by Gasteiger charge is 2.12. The van der Waals surface area contributed by atoms with E-state index in [0.29, 0.717) is 13.2 Å². The third-order valence-corrected chi connectivity index (χ3v) is 2.40. The van der Waals surface area contributed by atoms with E-state index in [1.165, 1.54) is 0 Å². The monoisotopic (exact) mass is 250 g/mol. The van der Waals surface area contributed by atoms with E-state index in [9.17, 15) is 9.59 Å². The summed E-state index contributed by atoms with van der Waals surface area (Å²) in [6.45, 7) is 2.53. The molecule has 1 heterocycles. The van der Waals surface area contributed by atoms with E-state index >= 15 is 0 Å². The molecule has 0 spiro atoms. The van der Waals surface area contributed by atoms with Gasteiger partial charge in [0, 0.05) is 19.7 Å². The van der Waals surface area contributed by atoms with E-state index in [0.717, 1.165) is 5.69 Å². The second-order valence-electron chi connectivity index (χ2n) is 3.88. The molecule has 5 nitrogen and oxygen atoms in total. The van der Waals surface area contributed by atoms with Crippen molar-refractivity contribution in [1.82, 2.24) is 9.88 Å². The predicted molar refractivity (Wildman–Crippen MR) is 66.6 cm³/mol. The van der Waals surface area contributed by atoms with Crippen LogP contribution in [0.2, 0.25) is 0 Å². The Balaban J connectivity index is 2.35. The average molecular weight is 250 g/mol. The lowest BCUT2D eigenvalue weighted by Gasteiger charge is -2.16. The zero-order chi connectivity index (χ0) is 13.4. The maximum Gasteiger partial charge on any atom is 0.306 e. The molecule has 18 heavy (non-hydrogen) atoms. The highest BCUT2D eigenvalue weighted by atomic mass is 16.5. The van der Waals surface area contributed by atoms with Gasteiger partial charge in [-0.3, -0.25) is 14.6 Å². The van der Waals surface area contributed by atoms with Gasteiger partial charge in [0.2, 0.25) is 5.91 Å². The van der Waals surface area contributed by atoms with Gasteiger partial charge in [0.1, 0.15) is 0 Å². The van der Waals surface area contributed by atoms with Crippen LogP contribution >= 0.6 is 0 Å². The number of aromatic nitrogens is 1. The van der Waals surface area contributed by atoms with Gasteiger partial charge in [-0.15, -0.1) is 0 Å². The molecule has 1 rings (SSSR count). The Morgan fingerprint density at radius 3 is 2.72 bits per heavy atom. The van der Waals surface area contributed by atoms with Crippen LogP contribution in [0.4, 0.5) is 0 Å². The van der Waals surface area contributed by atoms with Crippen LogP contribution in [0.5, 0.6) is 0 Å². The number of rotatable bonds is 6. The lowest BCUT2D eigenvalue weighted by atomic mass is 10.2. The standard InChI is InChI=1S/C13H18N2O3/c1-3-18-13(17)8-7-12(16)15(2)10-11-6-4-5-9-14-11/h4-6,9H,3,7-8,10H2,1-2H3. The van der Waals surface area contributed by atoms with Crippen LogP contribution in [0.1, 0.15) is 25.5 Å². The minimum Gasteiger partial charge on any atom is -0.466 e. The van der Waals surface area contributed by atoms with Gasteiger partial charge in [0.15, 0.2) is 0 Å². The van der Waals surface area contributed by atoms with Gasteiger partial charge in [0.25, 0.3) is 0 Å². The second-order valence-corrected chi connectivity index (χ2v) is 3.88. The van der Waals surface area contributed by atoms with Gasteiger partial charge < -0.3 is 9.64 Å². The normalized spacial score (nSPS) is 9.89. The number of esters is 1. The average Bonchev–Trinajstić information content (AvgIpc) is 2.37. The first-order valence-corrected chi connectivity index (χ1v) is 5.93. The topological polar surface area (TPSA) is 59.5 Å². The number of pyridine rings is 1. The number of carbonyl (C=O) groups excluding carboxylic acids is 2. The lowest BCUT2D eigenvalue weighted by molar-refractivity contribution is -0.145. The molecule has 1 amide bonds. The molecule has 1 aromatic rings. The highest BCUT2D eigenvalue weighted by Crippen LogP contribution is 2.03. The van der Waals surface area contributed by atoms with Crippen molar-refractivity contribution in [2.24, 2.45) is 0 Å². The molecule has 5 heteroatoms. The first-order valence-electron chi connectivity index (χ1n) is 5.93. The van der Waals surface area contributed by atoms with Crippen molar-refractivity contribution in [3.05, 3.63) is 30.1 Å². The molecule has 0 fully saturated rings. The van der Waals surface area contributed by atoms with Gasteiger partial charge in [0.05, 0.1) is 25.3 Å². The number of hydrogen-bond donors (Lipinski definition) is 0. The van der Waals surface area contributed by atoms with Crippen LogP contribution in [0, 0.1) is 0 Å². The Labute approximate surface area is 107 Å². The van der Waals surface area contributed by atoms with Crippen molar-refractivity contribution in [1.29, 1.82) is 0 Å². The van der Waals surface area contributed by atoms with Crippen LogP contribution in [0.3, 0.4) is 0 Å². The molecule has 0 radical (unpaired) electrons. The summed E-state index contributed by atoms with van der Waals surface area (Å²) in [5.41, 5.74) is 0.824. The van der Waals surface area contributed by atoms with Gasteiger partial charge in [-0.2, -0.15) is 0 Å². The summed E-state index contributed by atoms with van der Waals surface area (Å²) < 4.78 is 4.77. The molecule has 1 aromatic heterocycles. The first kappa shape index (κ1) is 14.2. The van der Waals surface area contributed by atoms with Crippen molar-refractivity contribution in [3.8, 4) is 0 Å². The molecule has 0 unspecified atom stereocenters. The van der Waals surface area contributed by atoms with Crippen molar-refractivity contribution in [2.75, 3.05) is 13.7 Å². The molecule has 0 bridgehead atoms. The molecule has 0 N–H and O–H groups in total. The summed E-state index contributed by atoms with van der Waals surface area (Å²) in [6, 6.07) is 5.56. The molecule has 0 aliphatic rings. The number of nitrogens with zero attached hydrogens (tertiary/aromatic N) is 2. The van der Waals surface area contributed by atoms with Crippen LogP contribution in [-0.2, 0) is 20.9 Å². The number of amides is 1. The maximum atomic E-state index is 11.7. The van der Waals surface area contributed by atoms with Gasteiger partial charge in [-0.05, 0) is 19.1 Å². The third-order valence-electron chi connectivity index (χ3n) is 2.40. The Kier molecular flexibility index (Phi) is 5.84. The van der Waals surface area contributed by atoms with E-state index in [2.05, 4.69) is 4.98 Å². The van der Waals surface area contributed by atoms with Gasteiger partial charge in [-0.1, -0.05) is 6.07 Å². The Hall–Kier alpha value is -1.91. The molecule has 98 valence electrons. The molecule has 0 saturated heterocycles. The minimum absolute atomic E-state index is 0.0892. The van der Waals surface area contributed by atoms with Crippen LogP contribution in [0.25, 0.3) is 0 Å². The fourth-order valence-electron chi connectivity index (χ4n) is 1.46. The van der Waals surface area contributed by atoms with E-state index < -0.39 is 0 Å². The van der Waals surface area contributed by atoms with Crippen LogP contribution in [0.15, 0.2) is 24.4 Å². The lowest BCUT2D eigenvalue weighted by Crippen LogP contribution is -2.27. The summed E-state index contributed by atoms with van der Waals surface area (Å²) in [7, 11) is 1.70. The third kappa shape index (κ3) is 4.95. The maximum absolute atomic E-state index is 11.7. The fraction of sp³-hybridized carbons (Fsp3) is 0.462. The molecule has 0 aliphatic heterocycles. The Morgan fingerprint density at radius 2 is 2.11 bits per heavy atom. The Morgan fingerprint density at radius 1 is 1.33 bits per heavy atom. The number of ether oxygens (including phenoxy) is 1. The molecular weight excluding hydrogens is 232 g/mol. The summed E-state index contributed by atoms with van der Waals surface area (Å²) in [6.07, 6.45) is 1.98. The first-order chi connectivity index (χ1) is 8.63. The quantitative estimate of drug-likeness (QED) is 0.716. The van der Waals surface area contributed by atoms with Gasteiger partial charge >= 0.3 is 5.97 Å². The molecule has 0 aliphatic carbocycles. The largest absolute Gasteiger partial charge is 0.466 e.